The molecule has 0 fully saturated rings. The summed E-state index contributed by atoms with van der Waals surface area (Å²) in [5.74, 6) is 1.61. The summed E-state index contributed by atoms with van der Waals surface area (Å²) in [5, 5.41) is 7.14. The van der Waals surface area contributed by atoms with E-state index < -0.39 is 0 Å². The van der Waals surface area contributed by atoms with Crippen LogP contribution in [0.15, 0.2) is 21.5 Å². The van der Waals surface area contributed by atoms with Gasteiger partial charge < -0.3 is 15.9 Å². The summed E-state index contributed by atoms with van der Waals surface area (Å²) in [6, 6.07) is 3.69. The normalized spacial score (nSPS) is 11.5. The van der Waals surface area contributed by atoms with Crippen molar-refractivity contribution in [3.05, 3.63) is 23.7 Å². The second kappa shape index (κ2) is 4.50. The van der Waals surface area contributed by atoms with Crippen LogP contribution in [-0.2, 0) is 6.54 Å². The summed E-state index contributed by atoms with van der Waals surface area (Å²) in [6.07, 6.45) is 0. The third kappa shape index (κ3) is 3.01. The highest BCUT2D eigenvalue weighted by Gasteiger charge is 2.04. The molecule has 6 heteroatoms. The number of aliphatic imine (C=N–C) groups is 1. The molecule has 82 valence electrons. The molecule has 5 N–H and O–H groups in total. The van der Waals surface area contributed by atoms with Crippen LogP contribution in [0.25, 0.3) is 0 Å². The Bertz CT molecular complexity index is 382. The van der Waals surface area contributed by atoms with E-state index >= 15 is 0 Å². The Labute approximate surface area is 88.1 Å². The molecule has 0 amide bonds. The minimum atomic E-state index is -0.146. The highest BCUT2D eigenvalue weighted by atomic mass is 16.3. The molecule has 0 aliphatic heterocycles. The Balaban J connectivity index is 2.61. The monoisotopic (exact) mass is 209 g/mol. The van der Waals surface area contributed by atoms with E-state index in [-0.39, 0.29) is 11.9 Å². The number of aryl methyl sites for hydroxylation is 1. The quantitative estimate of drug-likeness (QED) is 0.479. The summed E-state index contributed by atoms with van der Waals surface area (Å²) < 4.78 is 5.31. The largest absolute Gasteiger partial charge is 0.464 e. The van der Waals surface area contributed by atoms with Crippen molar-refractivity contribution in [2.45, 2.75) is 13.5 Å². The van der Waals surface area contributed by atoms with Crippen LogP contribution < -0.4 is 11.5 Å². The molecule has 1 aromatic heterocycles. The molecule has 0 aliphatic carbocycles. The molecule has 1 aromatic rings. The minimum Gasteiger partial charge on any atom is -0.464 e. The maximum absolute atomic E-state index is 7.14. The SMILES string of the molecule is Cc1ccc(CN=C(N)N(C)C(=N)N)o1. The topological polar surface area (TPSA) is 105 Å². The molecule has 1 heterocycles. The van der Waals surface area contributed by atoms with E-state index in [1.165, 1.54) is 4.90 Å². The molecular formula is C9H15N5O. The Kier molecular flexibility index (Phi) is 3.33. The van der Waals surface area contributed by atoms with Gasteiger partial charge in [0.25, 0.3) is 0 Å². The summed E-state index contributed by atoms with van der Waals surface area (Å²) in [4.78, 5) is 5.32. The molecular weight excluding hydrogens is 194 g/mol. The first-order valence-electron chi connectivity index (χ1n) is 4.43. The van der Waals surface area contributed by atoms with E-state index in [2.05, 4.69) is 4.99 Å². The first-order valence-corrected chi connectivity index (χ1v) is 4.43. The molecule has 6 nitrogen and oxygen atoms in total. The Morgan fingerprint density at radius 1 is 1.53 bits per heavy atom. The zero-order chi connectivity index (χ0) is 11.4. The molecule has 0 spiro atoms. The predicted molar refractivity (Wildman–Crippen MR) is 58.4 cm³/mol. The van der Waals surface area contributed by atoms with Gasteiger partial charge in [0.15, 0.2) is 11.9 Å². The zero-order valence-corrected chi connectivity index (χ0v) is 8.82. The van der Waals surface area contributed by atoms with Gasteiger partial charge in [-0.2, -0.15) is 0 Å². The summed E-state index contributed by atoms with van der Waals surface area (Å²) >= 11 is 0. The smallest absolute Gasteiger partial charge is 0.198 e. The fourth-order valence-corrected chi connectivity index (χ4v) is 0.958. The van der Waals surface area contributed by atoms with Gasteiger partial charge in [-0.25, -0.2) is 4.99 Å². The lowest BCUT2D eigenvalue weighted by Crippen LogP contribution is -2.42. The number of furan rings is 1. The summed E-state index contributed by atoms with van der Waals surface area (Å²) in [5.41, 5.74) is 10.8. The van der Waals surface area contributed by atoms with Gasteiger partial charge in [0.1, 0.15) is 18.1 Å². The first-order chi connectivity index (χ1) is 7.00. The van der Waals surface area contributed by atoms with Crippen LogP contribution in [0.5, 0.6) is 0 Å². The molecule has 0 unspecified atom stereocenters. The summed E-state index contributed by atoms with van der Waals surface area (Å²) in [6.45, 7) is 2.20. The maximum atomic E-state index is 7.14. The fraction of sp³-hybridized carbons (Fsp3) is 0.333. The van der Waals surface area contributed by atoms with E-state index in [9.17, 15) is 0 Å². The molecule has 0 aromatic carbocycles. The van der Waals surface area contributed by atoms with Crippen molar-refractivity contribution < 1.29 is 4.42 Å². The molecule has 15 heavy (non-hydrogen) atoms. The minimum absolute atomic E-state index is 0.146. The van der Waals surface area contributed by atoms with Gasteiger partial charge in [-0.15, -0.1) is 0 Å². The number of nitrogens with two attached hydrogens (primary N) is 2. The van der Waals surface area contributed by atoms with E-state index in [1.54, 1.807) is 7.05 Å². The van der Waals surface area contributed by atoms with Crippen LogP contribution in [-0.4, -0.2) is 23.9 Å². The summed E-state index contributed by atoms with van der Waals surface area (Å²) in [7, 11) is 1.58. The highest BCUT2D eigenvalue weighted by molar-refractivity contribution is 5.95. The fourth-order valence-electron chi connectivity index (χ4n) is 0.958. The lowest BCUT2D eigenvalue weighted by atomic mass is 10.4. The zero-order valence-electron chi connectivity index (χ0n) is 8.82. The molecule has 1 rings (SSSR count). The third-order valence-electron chi connectivity index (χ3n) is 1.90. The number of hydrogen-bond acceptors (Lipinski definition) is 3. The first kappa shape index (κ1) is 11.1. The number of rotatable bonds is 2. The van der Waals surface area contributed by atoms with Crippen molar-refractivity contribution >= 4 is 11.9 Å². The van der Waals surface area contributed by atoms with E-state index in [1.807, 2.05) is 19.1 Å². The van der Waals surface area contributed by atoms with Gasteiger partial charge in [-0.1, -0.05) is 0 Å². The molecule has 0 aliphatic rings. The average Bonchev–Trinajstić information content (AvgIpc) is 2.59. The Morgan fingerprint density at radius 2 is 2.20 bits per heavy atom. The van der Waals surface area contributed by atoms with Gasteiger partial charge in [-0.05, 0) is 19.1 Å². The average molecular weight is 209 g/mol. The van der Waals surface area contributed by atoms with Gasteiger partial charge in [0.05, 0.1) is 0 Å². The van der Waals surface area contributed by atoms with Crippen LogP contribution in [0.2, 0.25) is 0 Å². The molecule has 0 bridgehead atoms. The van der Waals surface area contributed by atoms with Crippen molar-refractivity contribution in [3.63, 3.8) is 0 Å². The Hall–Kier alpha value is -1.98. The lowest BCUT2D eigenvalue weighted by molar-refractivity contribution is 0.485. The van der Waals surface area contributed by atoms with Gasteiger partial charge in [-0.3, -0.25) is 10.3 Å². The van der Waals surface area contributed by atoms with Crippen LogP contribution in [0.4, 0.5) is 0 Å². The van der Waals surface area contributed by atoms with Crippen LogP contribution in [0.1, 0.15) is 11.5 Å². The Morgan fingerprint density at radius 3 is 2.67 bits per heavy atom. The predicted octanol–water partition coefficient (Wildman–Crippen LogP) is 0.228. The molecule has 0 saturated heterocycles. The van der Waals surface area contributed by atoms with Crippen molar-refractivity contribution in [1.82, 2.24) is 4.90 Å². The number of nitrogens with one attached hydrogen (secondary N) is 1. The maximum Gasteiger partial charge on any atom is 0.198 e. The highest BCUT2D eigenvalue weighted by Crippen LogP contribution is 2.07. The van der Waals surface area contributed by atoms with Crippen molar-refractivity contribution in [2.75, 3.05) is 7.05 Å². The van der Waals surface area contributed by atoms with E-state index in [4.69, 9.17) is 21.3 Å². The number of nitrogens with zero attached hydrogens (tertiary/aromatic N) is 2. The molecule has 0 saturated carbocycles. The van der Waals surface area contributed by atoms with Crippen LogP contribution in [0.3, 0.4) is 0 Å². The van der Waals surface area contributed by atoms with E-state index in [0.29, 0.717) is 6.54 Å². The van der Waals surface area contributed by atoms with E-state index in [0.717, 1.165) is 11.5 Å². The third-order valence-corrected chi connectivity index (χ3v) is 1.90. The van der Waals surface area contributed by atoms with Gasteiger partial charge in [0, 0.05) is 7.05 Å². The number of hydrogen-bond donors (Lipinski definition) is 3. The van der Waals surface area contributed by atoms with Crippen molar-refractivity contribution in [3.8, 4) is 0 Å². The van der Waals surface area contributed by atoms with Gasteiger partial charge >= 0.3 is 0 Å². The van der Waals surface area contributed by atoms with Crippen molar-refractivity contribution in [2.24, 2.45) is 16.5 Å². The van der Waals surface area contributed by atoms with Crippen LogP contribution >= 0.6 is 0 Å². The second-order valence-electron chi connectivity index (χ2n) is 3.13. The lowest BCUT2D eigenvalue weighted by Gasteiger charge is -2.14. The molecule has 0 radical (unpaired) electrons. The molecule has 0 atom stereocenters. The van der Waals surface area contributed by atoms with Gasteiger partial charge in [0.2, 0.25) is 0 Å². The second-order valence-corrected chi connectivity index (χ2v) is 3.13. The van der Waals surface area contributed by atoms with Crippen molar-refractivity contribution in [1.29, 1.82) is 5.41 Å². The van der Waals surface area contributed by atoms with Crippen LogP contribution in [0, 0.1) is 12.3 Å². The standard InChI is InChI=1S/C9H15N5O/c1-6-3-4-7(15-6)5-13-9(12)14(2)8(10)11/h3-4H,5H2,1-2H3,(H3,10,11)(H2,12,13). The number of guanidine groups is 2.